The van der Waals surface area contributed by atoms with Gasteiger partial charge in [-0.3, -0.25) is 4.99 Å². The summed E-state index contributed by atoms with van der Waals surface area (Å²) in [6, 6.07) is 9.18. The van der Waals surface area contributed by atoms with Crippen molar-refractivity contribution in [3.63, 3.8) is 0 Å². The zero-order valence-electron chi connectivity index (χ0n) is 17.5. The molecule has 0 bridgehead atoms. The fraction of sp³-hybridized carbons (Fsp3) is 0.458. The molecule has 0 amide bonds. The maximum Gasteiger partial charge on any atom is 0.129 e. The molecule has 2 aromatic rings. The number of hydrogen-bond donors (Lipinski definition) is 2. The van der Waals surface area contributed by atoms with Gasteiger partial charge in [0.05, 0.1) is 12.2 Å². The van der Waals surface area contributed by atoms with Crippen molar-refractivity contribution in [1.29, 1.82) is 0 Å². The number of allylic oxidation sites excluding steroid dienone is 1. The van der Waals surface area contributed by atoms with E-state index in [9.17, 15) is 0 Å². The van der Waals surface area contributed by atoms with Gasteiger partial charge in [-0.1, -0.05) is 19.3 Å². The first-order valence-corrected chi connectivity index (χ1v) is 11.3. The van der Waals surface area contributed by atoms with E-state index in [0.29, 0.717) is 6.04 Å². The van der Waals surface area contributed by atoms with Gasteiger partial charge in [-0.15, -0.1) is 0 Å². The van der Waals surface area contributed by atoms with Gasteiger partial charge < -0.3 is 15.5 Å². The second-order valence-electron chi connectivity index (χ2n) is 8.43. The molecular weight excluding hydrogens is 372 g/mol. The third kappa shape index (κ3) is 4.38. The molecule has 2 aromatic heterocycles. The topological polar surface area (TPSA) is 65.4 Å². The van der Waals surface area contributed by atoms with Crippen LogP contribution in [0.2, 0.25) is 0 Å². The van der Waals surface area contributed by atoms with Crippen molar-refractivity contribution < 1.29 is 0 Å². The van der Waals surface area contributed by atoms with Crippen molar-refractivity contribution in [2.45, 2.75) is 38.1 Å². The lowest BCUT2D eigenvalue weighted by molar-refractivity contribution is 0.462. The lowest BCUT2D eigenvalue weighted by Gasteiger charge is -2.29. The average Bonchev–Trinajstić information content (AvgIpc) is 3.35. The Kier molecular flexibility index (Phi) is 5.75. The van der Waals surface area contributed by atoms with Gasteiger partial charge in [0.2, 0.25) is 0 Å². The Morgan fingerprint density at radius 3 is 2.67 bits per heavy atom. The van der Waals surface area contributed by atoms with Crippen LogP contribution in [0.1, 0.15) is 37.7 Å². The highest BCUT2D eigenvalue weighted by molar-refractivity contribution is 5.90. The van der Waals surface area contributed by atoms with Gasteiger partial charge in [0.1, 0.15) is 11.6 Å². The first kappa shape index (κ1) is 19.2. The predicted octanol–water partition coefficient (Wildman–Crippen LogP) is 3.77. The number of nitrogens with zero attached hydrogens (tertiary/aromatic N) is 4. The summed E-state index contributed by atoms with van der Waals surface area (Å²) in [5.74, 6) is 2.01. The van der Waals surface area contributed by atoms with Gasteiger partial charge >= 0.3 is 0 Å². The molecule has 1 aliphatic carbocycles. The molecule has 2 N–H and O–H groups in total. The molecule has 0 atom stereocenters. The number of hydrogen-bond acceptors (Lipinski definition) is 6. The maximum absolute atomic E-state index is 5.06. The van der Waals surface area contributed by atoms with Crippen LogP contribution in [0.4, 0.5) is 11.6 Å². The fourth-order valence-corrected chi connectivity index (χ4v) is 4.56. The van der Waals surface area contributed by atoms with E-state index >= 15 is 0 Å². The molecule has 30 heavy (non-hydrogen) atoms. The van der Waals surface area contributed by atoms with Crippen LogP contribution in [0.3, 0.4) is 0 Å². The molecule has 0 unspecified atom stereocenters. The molecule has 0 aromatic carbocycles. The Morgan fingerprint density at radius 2 is 1.87 bits per heavy atom. The van der Waals surface area contributed by atoms with Crippen LogP contribution in [0.5, 0.6) is 0 Å². The quantitative estimate of drug-likeness (QED) is 0.797. The lowest BCUT2D eigenvalue weighted by atomic mass is 9.95. The van der Waals surface area contributed by atoms with Crippen molar-refractivity contribution >= 4 is 23.4 Å². The van der Waals surface area contributed by atoms with Crippen molar-refractivity contribution in [3.05, 3.63) is 42.1 Å². The number of aromatic nitrogens is 2. The molecule has 1 saturated heterocycles. The highest BCUT2D eigenvalue weighted by Crippen LogP contribution is 2.29. The fourth-order valence-electron chi connectivity index (χ4n) is 4.56. The number of anilines is 2. The van der Waals surface area contributed by atoms with E-state index in [1.807, 2.05) is 12.4 Å². The Balaban J connectivity index is 1.46. The summed E-state index contributed by atoms with van der Waals surface area (Å²) < 4.78 is 0. The first-order chi connectivity index (χ1) is 14.8. The summed E-state index contributed by atoms with van der Waals surface area (Å²) in [5, 5.41) is 7.08. The molecule has 0 spiro atoms. The SMILES string of the molecule is C1=NCC(c2cc(-c3ccnc(NC4CCCCC4)c3)nc(N3CCNCC3)c2)=C1. The van der Waals surface area contributed by atoms with Crippen molar-refractivity contribution in [2.75, 3.05) is 42.9 Å². The van der Waals surface area contributed by atoms with Gasteiger partial charge in [-0.25, -0.2) is 9.97 Å². The molecule has 1 saturated carbocycles. The van der Waals surface area contributed by atoms with Crippen LogP contribution < -0.4 is 15.5 Å². The van der Waals surface area contributed by atoms with Crippen LogP contribution in [0.15, 0.2) is 41.5 Å². The Labute approximate surface area is 178 Å². The lowest BCUT2D eigenvalue weighted by Crippen LogP contribution is -2.43. The number of nitrogens with one attached hydrogen (secondary N) is 2. The highest BCUT2D eigenvalue weighted by Gasteiger charge is 2.17. The molecule has 156 valence electrons. The number of rotatable bonds is 5. The normalized spacial score (nSPS) is 19.7. The molecule has 4 heterocycles. The largest absolute Gasteiger partial charge is 0.367 e. The highest BCUT2D eigenvalue weighted by atomic mass is 15.2. The van der Waals surface area contributed by atoms with Crippen LogP contribution in [0, 0.1) is 0 Å². The standard InChI is InChI=1S/C24H30N6/c1-2-4-21(5-3-1)28-23-15-18(7-9-27-23)22-14-20(19-6-8-26-17-19)16-24(29-22)30-12-10-25-11-13-30/h6-9,14-16,21,25H,1-5,10-13,17H2,(H,27,28). The third-order valence-electron chi connectivity index (χ3n) is 6.28. The van der Waals surface area contributed by atoms with Crippen molar-refractivity contribution in [3.8, 4) is 11.3 Å². The summed E-state index contributed by atoms with van der Waals surface area (Å²) in [6.07, 6.45) is 12.4. The summed E-state index contributed by atoms with van der Waals surface area (Å²) >= 11 is 0. The van der Waals surface area contributed by atoms with E-state index in [1.54, 1.807) is 0 Å². The van der Waals surface area contributed by atoms with E-state index in [2.05, 4.69) is 55.9 Å². The second kappa shape index (κ2) is 8.96. The molecular formula is C24H30N6. The summed E-state index contributed by atoms with van der Waals surface area (Å²) in [7, 11) is 0. The minimum absolute atomic E-state index is 0.540. The number of aliphatic imine (C=N–C) groups is 1. The van der Waals surface area contributed by atoms with E-state index in [-0.39, 0.29) is 0 Å². The Hall–Kier alpha value is -2.73. The average molecular weight is 403 g/mol. The monoisotopic (exact) mass is 402 g/mol. The molecule has 2 fully saturated rings. The molecule has 2 aliphatic heterocycles. The predicted molar refractivity (Wildman–Crippen MR) is 124 cm³/mol. The van der Waals surface area contributed by atoms with Crippen LogP contribution in [0.25, 0.3) is 16.8 Å². The molecule has 6 nitrogen and oxygen atoms in total. The molecule has 0 radical (unpaired) electrons. The van der Waals surface area contributed by atoms with Crippen molar-refractivity contribution in [1.82, 2.24) is 15.3 Å². The zero-order valence-corrected chi connectivity index (χ0v) is 17.5. The maximum atomic E-state index is 5.06. The Bertz CT molecular complexity index is 938. The van der Waals surface area contributed by atoms with Crippen molar-refractivity contribution in [2.24, 2.45) is 4.99 Å². The molecule has 6 heteroatoms. The second-order valence-corrected chi connectivity index (χ2v) is 8.43. The van der Waals surface area contributed by atoms with E-state index in [4.69, 9.17) is 4.98 Å². The van der Waals surface area contributed by atoms with Gasteiger partial charge in [-0.2, -0.15) is 0 Å². The number of piperazine rings is 1. The zero-order chi connectivity index (χ0) is 20.2. The van der Waals surface area contributed by atoms with Gasteiger partial charge in [-0.05, 0) is 54.3 Å². The van der Waals surface area contributed by atoms with Gasteiger partial charge in [0, 0.05) is 50.2 Å². The van der Waals surface area contributed by atoms with E-state index < -0.39 is 0 Å². The van der Waals surface area contributed by atoms with E-state index in [0.717, 1.165) is 55.6 Å². The number of pyridine rings is 2. The Morgan fingerprint density at radius 1 is 1.00 bits per heavy atom. The third-order valence-corrected chi connectivity index (χ3v) is 6.28. The smallest absolute Gasteiger partial charge is 0.129 e. The first-order valence-electron chi connectivity index (χ1n) is 11.3. The molecule has 5 rings (SSSR count). The minimum atomic E-state index is 0.540. The molecule has 3 aliphatic rings. The van der Waals surface area contributed by atoms with Crippen LogP contribution >= 0.6 is 0 Å². The van der Waals surface area contributed by atoms with E-state index in [1.165, 1.54) is 43.2 Å². The summed E-state index contributed by atoms with van der Waals surface area (Å²) in [4.78, 5) is 16.4. The summed E-state index contributed by atoms with van der Waals surface area (Å²) in [5.41, 5.74) is 4.58. The van der Waals surface area contributed by atoms with Gasteiger partial charge in [0.25, 0.3) is 0 Å². The van der Waals surface area contributed by atoms with Crippen LogP contribution in [-0.2, 0) is 0 Å². The summed E-state index contributed by atoms with van der Waals surface area (Å²) in [6.45, 7) is 4.71. The van der Waals surface area contributed by atoms with Crippen LogP contribution in [-0.4, -0.2) is 54.9 Å². The van der Waals surface area contributed by atoms with Gasteiger partial charge in [0.15, 0.2) is 0 Å². The minimum Gasteiger partial charge on any atom is -0.367 e.